The van der Waals surface area contributed by atoms with Crippen LogP contribution in [0.15, 0.2) is 54.6 Å². The molecule has 0 aliphatic heterocycles. The highest BCUT2D eigenvalue weighted by Gasteiger charge is 2.29. The van der Waals surface area contributed by atoms with Gasteiger partial charge in [0.1, 0.15) is 11.6 Å². The van der Waals surface area contributed by atoms with Crippen molar-refractivity contribution in [1.82, 2.24) is 9.78 Å². The van der Waals surface area contributed by atoms with Gasteiger partial charge in [0.15, 0.2) is 0 Å². The Kier molecular flexibility index (Phi) is 5.35. The van der Waals surface area contributed by atoms with E-state index in [0.717, 1.165) is 18.5 Å². The second kappa shape index (κ2) is 7.98. The normalized spacial score (nSPS) is 13.7. The molecule has 0 radical (unpaired) electrons. The number of nitrogens with one attached hydrogen (secondary N) is 2. The van der Waals surface area contributed by atoms with Gasteiger partial charge in [0.2, 0.25) is 5.91 Å². The van der Waals surface area contributed by atoms with Gasteiger partial charge in [0.25, 0.3) is 5.91 Å². The first-order valence-corrected chi connectivity index (χ1v) is 10.3. The summed E-state index contributed by atoms with van der Waals surface area (Å²) in [5, 5.41) is 10.4. The number of benzene rings is 2. The van der Waals surface area contributed by atoms with Gasteiger partial charge in [-0.15, -0.1) is 0 Å². The molecule has 0 unspecified atom stereocenters. The molecule has 4 rings (SSSR count). The number of carbonyl (C=O) groups excluding carboxylic acids is 2. The van der Waals surface area contributed by atoms with Gasteiger partial charge in [-0.1, -0.05) is 20.8 Å². The Morgan fingerprint density at radius 1 is 1.00 bits per heavy atom. The summed E-state index contributed by atoms with van der Waals surface area (Å²) in [7, 11) is 0. The van der Waals surface area contributed by atoms with E-state index in [0.29, 0.717) is 22.8 Å². The maximum atomic E-state index is 13.4. The van der Waals surface area contributed by atoms with E-state index in [1.54, 1.807) is 41.1 Å². The highest BCUT2D eigenvalue weighted by molar-refractivity contribution is 6.04. The molecule has 160 valence electrons. The number of nitrogens with zero attached hydrogens (tertiary/aromatic N) is 2. The van der Waals surface area contributed by atoms with Crippen molar-refractivity contribution in [3.8, 4) is 5.69 Å². The fraction of sp³-hybridized carbons (Fsp3) is 0.292. The van der Waals surface area contributed by atoms with E-state index in [9.17, 15) is 14.0 Å². The molecule has 7 heteroatoms. The summed E-state index contributed by atoms with van der Waals surface area (Å²) in [5.74, 6) is -0.00955. The van der Waals surface area contributed by atoms with Crippen LogP contribution in [-0.2, 0) is 10.2 Å². The molecule has 1 heterocycles. The van der Waals surface area contributed by atoms with Crippen molar-refractivity contribution in [2.24, 2.45) is 5.92 Å². The second-order valence-electron chi connectivity index (χ2n) is 8.85. The molecule has 0 saturated heterocycles. The Morgan fingerprint density at radius 2 is 1.65 bits per heavy atom. The molecule has 2 aromatic carbocycles. The Morgan fingerprint density at radius 3 is 2.23 bits per heavy atom. The van der Waals surface area contributed by atoms with Gasteiger partial charge in [-0.05, 0) is 61.4 Å². The predicted molar refractivity (Wildman–Crippen MR) is 118 cm³/mol. The quantitative estimate of drug-likeness (QED) is 0.616. The number of rotatable bonds is 5. The summed E-state index contributed by atoms with van der Waals surface area (Å²) in [4.78, 5) is 24.8. The Bertz CT molecular complexity index is 1110. The molecular weight excluding hydrogens is 395 g/mol. The summed E-state index contributed by atoms with van der Waals surface area (Å²) in [6.45, 7) is 6.10. The van der Waals surface area contributed by atoms with Gasteiger partial charge in [0.05, 0.1) is 11.4 Å². The zero-order chi connectivity index (χ0) is 22.2. The van der Waals surface area contributed by atoms with Gasteiger partial charge in [0, 0.05) is 28.7 Å². The van der Waals surface area contributed by atoms with Crippen molar-refractivity contribution < 1.29 is 14.0 Å². The lowest BCUT2D eigenvalue weighted by molar-refractivity contribution is -0.117. The van der Waals surface area contributed by atoms with Gasteiger partial charge < -0.3 is 10.6 Å². The van der Waals surface area contributed by atoms with E-state index in [2.05, 4.69) is 15.7 Å². The maximum Gasteiger partial charge on any atom is 0.256 e. The Hall–Kier alpha value is -3.48. The molecule has 3 aromatic rings. The van der Waals surface area contributed by atoms with E-state index in [4.69, 9.17) is 0 Å². The van der Waals surface area contributed by atoms with Crippen LogP contribution in [-0.4, -0.2) is 21.6 Å². The number of carbonyl (C=O) groups is 2. The lowest BCUT2D eigenvalue weighted by Crippen LogP contribution is -2.16. The van der Waals surface area contributed by atoms with E-state index in [1.807, 2.05) is 26.8 Å². The number of hydrogen-bond acceptors (Lipinski definition) is 3. The second-order valence-corrected chi connectivity index (χ2v) is 8.85. The molecule has 0 spiro atoms. The van der Waals surface area contributed by atoms with Crippen LogP contribution in [0.1, 0.15) is 49.7 Å². The van der Waals surface area contributed by atoms with Crippen LogP contribution >= 0.6 is 0 Å². The summed E-state index contributed by atoms with van der Waals surface area (Å²) in [6, 6.07) is 14.5. The lowest BCUT2D eigenvalue weighted by atomic mass is 9.92. The highest BCUT2D eigenvalue weighted by Crippen LogP contribution is 2.30. The van der Waals surface area contributed by atoms with E-state index in [1.165, 1.54) is 12.1 Å². The first-order valence-electron chi connectivity index (χ1n) is 10.3. The molecule has 2 amide bonds. The van der Waals surface area contributed by atoms with E-state index >= 15 is 0 Å². The van der Waals surface area contributed by atoms with Crippen molar-refractivity contribution >= 4 is 23.3 Å². The molecule has 2 N–H and O–H groups in total. The predicted octanol–water partition coefficient (Wildman–Crippen LogP) is 4.91. The molecule has 0 atom stereocenters. The van der Waals surface area contributed by atoms with Crippen LogP contribution in [0.2, 0.25) is 0 Å². The fourth-order valence-electron chi connectivity index (χ4n) is 3.10. The fourth-order valence-corrected chi connectivity index (χ4v) is 3.10. The summed E-state index contributed by atoms with van der Waals surface area (Å²) in [5.41, 5.74) is 2.33. The first-order chi connectivity index (χ1) is 14.7. The SMILES string of the molecule is CC(C)(C)c1cc(NC(=O)c2ccc(NC(=O)C3CC3)cc2)n(-c2ccc(F)cc2)n1. The monoisotopic (exact) mass is 420 g/mol. The van der Waals surface area contributed by atoms with Gasteiger partial charge >= 0.3 is 0 Å². The zero-order valence-electron chi connectivity index (χ0n) is 17.8. The van der Waals surface area contributed by atoms with Crippen molar-refractivity contribution in [1.29, 1.82) is 0 Å². The highest BCUT2D eigenvalue weighted by atomic mass is 19.1. The maximum absolute atomic E-state index is 13.4. The van der Waals surface area contributed by atoms with Crippen LogP contribution in [0.3, 0.4) is 0 Å². The third kappa shape index (κ3) is 4.82. The number of aromatic nitrogens is 2. The topological polar surface area (TPSA) is 76.0 Å². The smallest absolute Gasteiger partial charge is 0.256 e. The first kappa shape index (κ1) is 20.8. The molecule has 1 fully saturated rings. The van der Waals surface area contributed by atoms with Crippen molar-refractivity contribution in [3.05, 3.63) is 71.7 Å². The number of hydrogen-bond donors (Lipinski definition) is 2. The van der Waals surface area contributed by atoms with Gasteiger partial charge in [-0.2, -0.15) is 5.10 Å². The molecule has 1 saturated carbocycles. The summed E-state index contributed by atoms with van der Waals surface area (Å²) >= 11 is 0. The Balaban J connectivity index is 1.56. The zero-order valence-corrected chi connectivity index (χ0v) is 17.8. The summed E-state index contributed by atoms with van der Waals surface area (Å²) < 4.78 is 15.0. The van der Waals surface area contributed by atoms with Crippen LogP contribution in [0, 0.1) is 11.7 Å². The lowest BCUT2D eigenvalue weighted by Gasteiger charge is -2.14. The third-order valence-electron chi connectivity index (χ3n) is 5.15. The van der Waals surface area contributed by atoms with Crippen molar-refractivity contribution in [2.45, 2.75) is 39.0 Å². The Labute approximate surface area is 180 Å². The van der Waals surface area contributed by atoms with E-state index < -0.39 is 0 Å². The average Bonchev–Trinajstić information content (AvgIpc) is 3.49. The largest absolute Gasteiger partial charge is 0.326 e. The summed E-state index contributed by atoms with van der Waals surface area (Å²) in [6.07, 6.45) is 1.87. The average molecular weight is 420 g/mol. The minimum absolute atomic E-state index is 0.0233. The number of amides is 2. The molecule has 1 aromatic heterocycles. The number of anilines is 2. The molecule has 1 aliphatic rings. The van der Waals surface area contributed by atoms with Crippen LogP contribution in [0.5, 0.6) is 0 Å². The standard InChI is InChI=1S/C24H25FN4O2/c1-24(2,3)20-14-21(29(28-20)19-12-8-17(25)9-13-19)27-23(31)16-6-10-18(11-7-16)26-22(30)15-4-5-15/h6-15H,4-5H2,1-3H3,(H,26,30)(H,27,31). The van der Waals surface area contributed by atoms with E-state index in [-0.39, 0.29) is 29.0 Å². The van der Waals surface area contributed by atoms with Crippen LogP contribution in [0.4, 0.5) is 15.9 Å². The van der Waals surface area contributed by atoms with Crippen LogP contribution < -0.4 is 10.6 Å². The minimum Gasteiger partial charge on any atom is -0.326 e. The molecule has 31 heavy (non-hydrogen) atoms. The molecule has 0 bridgehead atoms. The molecule has 1 aliphatic carbocycles. The number of halogens is 1. The third-order valence-corrected chi connectivity index (χ3v) is 5.15. The van der Waals surface area contributed by atoms with Crippen molar-refractivity contribution in [2.75, 3.05) is 10.6 Å². The van der Waals surface area contributed by atoms with Gasteiger partial charge in [-0.25, -0.2) is 9.07 Å². The molecule has 6 nitrogen and oxygen atoms in total. The van der Waals surface area contributed by atoms with Crippen LogP contribution in [0.25, 0.3) is 5.69 Å². The minimum atomic E-state index is -0.341. The van der Waals surface area contributed by atoms with Gasteiger partial charge in [-0.3, -0.25) is 9.59 Å². The molecular formula is C24H25FN4O2. The van der Waals surface area contributed by atoms with Crippen molar-refractivity contribution in [3.63, 3.8) is 0 Å².